The second-order valence-corrected chi connectivity index (χ2v) is 7.39. The number of imidazole rings is 1. The predicted molar refractivity (Wildman–Crippen MR) is 96.4 cm³/mol. The number of halogens is 1. The first-order valence-electron chi connectivity index (χ1n) is 7.89. The number of benzene rings is 1. The highest BCUT2D eigenvalue weighted by molar-refractivity contribution is 7.99. The van der Waals surface area contributed by atoms with E-state index in [1.54, 1.807) is 6.20 Å². The van der Waals surface area contributed by atoms with E-state index < -0.39 is 11.5 Å². The van der Waals surface area contributed by atoms with Gasteiger partial charge in [0, 0.05) is 17.4 Å². The van der Waals surface area contributed by atoms with Gasteiger partial charge in [-0.05, 0) is 43.9 Å². The molecule has 0 aliphatic heterocycles. The molecule has 0 spiro atoms. The van der Waals surface area contributed by atoms with Gasteiger partial charge in [0.05, 0.1) is 11.4 Å². The molecule has 1 aromatic heterocycles. The van der Waals surface area contributed by atoms with E-state index in [1.807, 2.05) is 35.9 Å². The van der Waals surface area contributed by atoms with Gasteiger partial charge >= 0.3 is 5.97 Å². The predicted octanol–water partition coefficient (Wildman–Crippen LogP) is 3.05. The first-order chi connectivity index (χ1) is 11.9. The van der Waals surface area contributed by atoms with Crippen LogP contribution in [0.15, 0.2) is 35.7 Å². The van der Waals surface area contributed by atoms with Crippen LogP contribution in [-0.2, 0) is 9.59 Å². The van der Waals surface area contributed by atoms with Crippen molar-refractivity contribution in [1.29, 1.82) is 0 Å². The second-order valence-electron chi connectivity index (χ2n) is 6.04. The highest BCUT2D eigenvalue weighted by Gasteiger charge is 2.45. The molecule has 0 radical (unpaired) electrons. The zero-order chi connectivity index (χ0) is 18.0. The van der Waals surface area contributed by atoms with Crippen molar-refractivity contribution in [1.82, 2.24) is 14.9 Å². The van der Waals surface area contributed by atoms with E-state index in [4.69, 9.17) is 11.6 Å². The van der Waals surface area contributed by atoms with Gasteiger partial charge in [-0.1, -0.05) is 29.4 Å². The Labute approximate surface area is 154 Å². The Hall–Kier alpha value is -1.99. The van der Waals surface area contributed by atoms with Crippen molar-refractivity contribution in [3.05, 3.63) is 41.2 Å². The third kappa shape index (κ3) is 3.52. The summed E-state index contributed by atoms with van der Waals surface area (Å²) in [5.74, 6) is -1.16. The second kappa shape index (κ2) is 7.09. The van der Waals surface area contributed by atoms with Crippen LogP contribution in [0.25, 0.3) is 5.69 Å². The molecule has 1 aliphatic rings. The lowest BCUT2D eigenvalue weighted by atomic mass is 9.77. The number of thioether (sulfide) groups is 1. The van der Waals surface area contributed by atoms with E-state index in [9.17, 15) is 14.7 Å². The molecule has 0 atom stereocenters. The van der Waals surface area contributed by atoms with Gasteiger partial charge in [0.15, 0.2) is 5.16 Å². The summed E-state index contributed by atoms with van der Waals surface area (Å²) in [6, 6.07) is 5.61. The summed E-state index contributed by atoms with van der Waals surface area (Å²) in [6.07, 6.45) is 5.25. The number of aliphatic carboxylic acids is 1. The Kier molecular flexibility index (Phi) is 5.06. The van der Waals surface area contributed by atoms with E-state index >= 15 is 0 Å². The van der Waals surface area contributed by atoms with E-state index in [0.29, 0.717) is 23.0 Å². The summed E-state index contributed by atoms with van der Waals surface area (Å²) in [4.78, 5) is 27.8. The Morgan fingerprint density at radius 1 is 1.44 bits per heavy atom. The van der Waals surface area contributed by atoms with Gasteiger partial charge in [0.25, 0.3) is 0 Å². The van der Waals surface area contributed by atoms with Crippen LogP contribution in [0.3, 0.4) is 0 Å². The van der Waals surface area contributed by atoms with Crippen LogP contribution < -0.4 is 5.32 Å². The van der Waals surface area contributed by atoms with Crippen LogP contribution in [0.1, 0.15) is 24.8 Å². The number of carboxylic acids is 1. The van der Waals surface area contributed by atoms with E-state index in [0.717, 1.165) is 17.7 Å². The normalized spacial score (nSPS) is 15.4. The number of hydrogen-bond donors (Lipinski definition) is 2. The fraction of sp³-hybridized carbons (Fsp3) is 0.353. The number of carbonyl (C=O) groups excluding carboxylic acids is 1. The molecule has 2 N–H and O–H groups in total. The lowest BCUT2D eigenvalue weighted by Gasteiger charge is -2.38. The van der Waals surface area contributed by atoms with Gasteiger partial charge in [-0.2, -0.15) is 0 Å². The number of nitrogens with one attached hydrogen (secondary N) is 1. The number of aromatic nitrogens is 2. The first kappa shape index (κ1) is 17.8. The van der Waals surface area contributed by atoms with Gasteiger partial charge in [-0.25, -0.2) is 9.78 Å². The molecule has 6 nitrogen and oxygen atoms in total. The average molecular weight is 380 g/mol. The Balaban J connectivity index is 1.69. The van der Waals surface area contributed by atoms with Crippen molar-refractivity contribution >= 4 is 35.2 Å². The minimum Gasteiger partial charge on any atom is -0.480 e. The zero-order valence-corrected chi connectivity index (χ0v) is 15.2. The summed E-state index contributed by atoms with van der Waals surface area (Å²) >= 11 is 7.44. The van der Waals surface area contributed by atoms with Crippen molar-refractivity contribution in [3.63, 3.8) is 0 Å². The van der Waals surface area contributed by atoms with Crippen LogP contribution in [0, 0.1) is 6.92 Å². The molecule has 0 saturated heterocycles. The minimum atomic E-state index is -1.09. The SMILES string of the molecule is Cc1c(Cl)cccc1-n1ccnc1SCC(=O)NC1(C(=O)O)CCC1. The van der Waals surface area contributed by atoms with E-state index in [2.05, 4.69) is 10.3 Å². The lowest BCUT2D eigenvalue weighted by molar-refractivity contribution is -0.151. The third-order valence-electron chi connectivity index (χ3n) is 4.43. The molecule has 3 rings (SSSR count). The minimum absolute atomic E-state index is 0.103. The number of rotatable bonds is 6. The summed E-state index contributed by atoms with van der Waals surface area (Å²) in [7, 11) is 0. The Bertz CT molecular complexity index is 817. The standard InChI is InChI=1S/C17H18ClN3O3S/c1-11-12(18)4-2-5-13(11)21-9-8-19-16(21)25-10-14(22)20-17(15(23)24)6-3-7-17/h2,4-5,8-9H,3,6-7,10H2,1H3,(H,20,22)(H,23,24). The largest absolute Gasteiger partial charge is 0.480 e. The van der Waals surface area contributed by atoms with Crippen LogP contribution in [0.4, 0.5) is 0 Å². The molecular weight excluding hydrogens is 362 g/mol. The smallest absolute Gasteiger partial charge is 0.329 e. The monoisotopic (exact) mass is 379 g/mol. The van der Waals surface area contributed by atoms with E-state index in [-0.39, 0.29) is 11.7 Å². The summed E-state index contributed by atoms with van der Waals surface area (Å²) in [6.45, 7) is 1.92. The number of carboxylic acid groups (broad SMARTS) is 1. The molecule has 0 bridgehead atoms. The Morgan fingerprint density at radius 2 is 2.20 bits per heavy atom. The molecule has 2 aromatic rings. The molecule has 25 heavy (non-hydrogen) atoms. The van der Waals surface area contributed by atoms with Gasteiger partial charge in [-0.3, -0.25) is 9.36 Å². The molecule has 1 saturated carbocycles. The molecule has 1 amide bonds. The highest BCUT2D eigenvalue weighted by atomic mass is 35.5. The number of hydrogen-bond acceptors (Lipinski definition) is 4. The maximum Gasteiger partial charge on any atom is 0.329 e. The van der Waals surface area contributed by atoms with Gasteiger partial charge in [-0.15, -0.1) is 0 Å². The van der Waals surface area contributed by atoms with Crippen molar-refractivity contribution in [2.45, 2.75) is 36.9 Å². The fourth-order valence-corrected chi connectivity index (χ4v) is 3.73. The maximum absolute atomic E-state index is 12.2. The van der Waals surface area contributed by atoms with Crippen LogP contribution >= 0.6 is 23.4 Å². The number of amides is 1. The van der Waals surface area contributed by atoms with E-state index in [1.165, 1.54) is 11.8 Å². The molecule has 0 unspecified atom stereocenters. The molecule has 1 fully saturated rings. The molecule has 132 valence electrons. The van der Waals surface area contributed by atoms with Crippen molar-refractivity contribution in [3.8, 4) is 5.69 Å². The quantitative estimate of drug-likeness (QED) is 0.753. The number of carbonyl (C=O) groups is 2. The lowest BCUT2D eigenvalue weighted by Crippen LogP contribution is -2.59. The Morgan fingerprint density at radius 3 is 2.84 bits per heavy atom. The van der Waals surface area contributed by atoms with Gasteiger partial charge in [0.1, 0.15) is 5.54 Å². The topological polar surface area (TPSA) is 84.2 Å². The third-order valence-corrected chi connectivity index (χ3v) is 5.81. The molecular formula is C17H18ClN3O3S. The van der Waals surface area contributed by atoms with Crippen molar-refractivity contribution in [2.24, 2.45) is 0 Å². The molecule has 1 heterocycles. The summed E-state index contributed by atoms with van der Waals surface area (Å²) < 4.78 is 1.87. The van der Waals surface area contributed by atoms with Gasteiger partial charge < -0.3 is 10.4 Å². The molecule has 1 aliphatic carbocycles. The van der Waals surface area contributed by atoms with Crippen molar-refractivity contribution < 1.29 is 14.7 Å². The summed E-state index contributed by atoms with van der Waals surface area (Å²) in [5, 5.41) is 13.2. The molecule has 8 heteroatoms. The average Bonchev–Trinajstić information content (AvgIpc) is 2.99. The van der Waals surface area contributed by atoms with Crippen LogP contribution in [0.2, 0.25) is 5.02 Å². The fourth-order valence-electron chi connectivity index (χ4n) is 2.79. The highest BCUT2D eigenvalue weighted by Crippen LogP contribution is 2.32. The zero-order valence-electron chi connectivity index (χ0n) is 13.7. The first-order valence-corrected chi connectivity index (χ1v) is 9.25. The van der Waals surface area contributed by atoms with Crippen LogP contribution in [0.5, 0.6) is 0 Å². The number of nitrogens with zero attached hydrogens (tertiary/aromatic N) is 2. The van der Waals surface area contributed by atoms with Gasteiger partial charge in [0.2, 0.25) is 5.91 Å². The van der Waals surface area contributed by atoms with Crippen molar-refractivity contribution in [2.75, 3.05) is 5.75 Å². The summed E-state index contributed by atoms with van der Waals surface area (Å²) in [5.41, 5.74) is 0.734. The molecule has 1 aromatic carbocycles. The van der Waals surface area contributed by atoms with Crippen LogP contribution in [-0.4, -0.2) is 37.8 Å². The maximum atomic E-state index is 12.2.